The number of nitriles is 1. The molecule has 1 aromatic carbocycles. The fourth-order valence-corrected chi connectivity index (χ4v) is 3.78. The highest BCUT2D eigenvalue weighted by molar-refractivity contribution is 7.92. The molecule has 0 aliphatic carbocycles. The molecule has 0 aromatic heterocycles. The van der Waals surface area contributed by atoms with E-state index in [1.165, 1.54) is 6.07 Å². The third kappa shape index (κ3) is 4.28. The molecule has 1 aliphatic heterocycles. The zero-order chi connectivity index (χ0) is 15.3. The highest BCUT2D eigenvalue weighted by Crippen LogP contribution is 2.17. The van der Waals surface area contributed by atoms with Crippen molar-refractivity contribution in [3.63, 3.8) is 0 Å². The standard InChI is InChI=1S/C14H16N2O4S/c15-9-11-2-1-3-12(8-11)16-14(17)10-21(18,19)13-4-6-20-7-5-13/h1-3,8,13H,4-7,10H2,(H,16,17). The Bertz CT molecular complexity index is 658. The van der Waals surface area contributed by atoms with E-state index in [2.05, 4.69) is 5.32 Å². The van der Waals surface area contributed by atoms with E-state index in [-0.39, 0.29) is 0 Å². The van der Waals surface area contributed by atoms with Crippen LogP contribution in [0.25, 0.3) is 0 Å². The summed E-state index contributed by atoms with van der Waals surface area (Å²) in [6.45, 7) is 0.825. The Kier molecular flexibility index (Phi) is 4.94. The summed E-state index contributed by atoms with van der Waals surface area (Å²) in [4.78, 5) is 11.9. The van der Waals surface area contributed by atoms with Gasteiger partial charge in [0.15, 0.2) is 9.84 Å². The lowest BCUT2D eigenvalue weighted by Crippen LogP contribution is -2.34. The summed E-state index contributed by atoms with van der Waals surface area (Å²) in [5, 5.41) is 10.8. The van der Waals surface area contributed by atoms with Crippen LogP contribution < -0.4 is 5.32 Å². The molecule has 0 bridgehead atoms. The number of carbonyl (C=O) groups excluding carboxylic acids is 1. The molecule has 6 nitrogen and oxygen atoms in total. The molecule has 1 fully saturated rings. The number of nitrogens with zero attached hydrogens (tertiary/aromatic N) is 1. The summed E-state index contributed by atoms with van der Waals surface area (Å²) in [5.74, 6) is -1.13. The summed E-state index contributed by atoms with van der Waals surface area (Å²) in [5.41, 5.74) is 0.821. The number of rotatable bonds is 4. The van der Waals surface area contributed by atoms with Crippen molar-refractivity contribution in [3.05, 3.63) is 29.8 Å². The Hall–Kier alpha value is -1.91. The quantitative estimate of drug-likeness (QED) is 0.898. The molecule has 112 valence electrons. The van der Waals surface area contributed by atoms with E-state index >= 15 is 0 Å². The van der Waals surface area contributed by atoms with Crippen LogP contribution in [0, 0.1) is 11.3 Å². The zero-order valence-corrected chi connectivity index (χ0v) is 12.2. The second-order valence-electron chi connectivity index (χ2n) is 4.86. The predicted molar refractivity (Wildman–Crippen MR) is 77.4 cm³/mol. The summed E-state index contributed by atoms with van der Waals surface area (Å²) in [7, 11) is -3.48. The van der Waals surface area contributed by atoms with Crippen LogP contribution in [-0.2, 0) is 19.4 Å². The van der Waals surface area contributed by atoms with Gasteiger partial charge in [-0.15, -0.1) is 0 Å². The number of sulfone groups is 1. The van der Waals surface area contributed by atoms with Crippen molar-refractivity contribution in [2.75, 3.05) is 24.3 Å². The fourth-order valence-electron chi connectivity index (χ4n) is 2.20. The lowest BCUT2D eigenvalue weighted by atomic mass is 10.2. The van der Waals surface area contributed by atoms with Gasteiger partial charge in [0, 0.05) is 18.9 Å². The van der Waals surface area contributed by atoms with E-state index in [4.69, 9.17) is 10.00 Å². The maximum atomic E-state index is 12.1. The Morgan fingerprint density at radius 3 is 2.76 bits per heavy atom. The van der Waals surface area contributed by atoms with Crippen LogP contribution in [0.3, 0.4) is 0 Å². The van der Waals surface area contributed by atoms with Crippen LogP contribution in [0.4, 0.5) is 5.69 Å². The minimum Gasteiger partial charge on any atom is -0.381 e. The molecule has 0 spiro atoms. The van der Waals surface area contributed by atoms with Crippen LogP contribution in [0.5, 0.6) is 0 Å². The van der Waals surface area contributed by atoms with E-state index in [9.17, 15) is 13.2 Å². The summed E-state index contributed by atoms with van der Waals surface area (Å²) < 4.78 is 29.4. The van der Waals surface area contributed by atoms with Gasteiger partial charge in [-0.05, 0) is 31.0 Å². The summed E-state index contributed by atoms with van der Waals surface area (Å²) in [6, 6.07) is 8.30. The number of hydrogen-bond donors (Lipinski definition) is 1. The number of ether oxygens (including phenoxy) is 1. The lowest BCUT2D eigenvalue weighted by Gasteiger charge is -2.21. The van der Waals surface area contributed by atoms with E-state index in [0.29, 0.717) is 37.3 Å². The average Bonchev–Trinajstić information content (AvgIpc) is 2.47. The first-order valence-electron chi connectivity index (χ1n) is 6.60. The smallest absolute Gasteiger partial charge is 0.239 e. The third-order valence-electron chi connectivity index (χ3n) is 3.28. The SMILES string of the molecule is N#Cc1cccc(NC(=O)CS(=O)(=O)C2CCOCC2)c1. The average molecular weight is 308 g/mol. The minimum atomic E-state index is -3.48. The molecule has 0 unspecified atom stereocenters. The largest absolute Gasteiger partial charge is 0.381 e. The number of nitrogens with one attached hydrogen (secondary N) is 1. The molecular weight excluding hydrogens is 292 g/mol. The van der Waals surface area contributed by atoms with Crippen LogP contribution >= 0.6 is 0 Å². The highest BCUT2D eigenvalue weighted by atomic mass is 32.2. The van der Waals surface area contributed by atoms with Gasteiger partial charge in [-0.25, -0.2) is 8.42 Å². The Morgan fingerprint density at radius 1 is 1.38 bits per heavy atom. The van der Waals surface area contributed by atoms with Crippen molar-refractivity contribution in [2.45, 2.75) is 18.1 Å². The molecule has 1 heterocycles. The number of amides is 1. The van der Waals surface area contributed by atoms with Crippen molar-refractivity contribution >= 4 is 21.4 Å². The molecule has 7 heteroatoms. The fraction of sp³-hybridized carbons (Fsp3) is 0.429. The van der Waals surface area contributed by atoms with Gasteiger partial charge in [-0.3, -0.25) is 4.79 Å². The molecule has 0 radical (unpaired) electrons. The molecule has 0 atom stereocenters. The zero-order valence-electron chi connectivity index (χ0n) is 11.4. The minimum absolute atomic E-state index is 0.403. The van der Waals surface area contributed by atoms with Gasteiger partial charge in [0.2, 0.25) is 5.91 Å². The Morgan fingerprint density at radius 2 is 2.10 bits per heavy atom. The maximum absolute atomic E-state index is 12.1. The van der Waals surface area contributed by atoms with Crippen molar-refractivity contribution in [3.8, 4) is 6.07 Å². The Balaban J connectivity index is 1.99. The molecule has 1 amide bonds. The Labute approximate surface area is 123 Å². The molecule has 21 heavy (non-hydrogen) atoms. The maximum Gasteiger partial charge on any atom is 0.239 e. The summed E-state index contributed by atoms with van der Waals surface area (Å²) in [6.07, 6.45) is 0.860. The monoisotopic (exact) mass is 308 g/mol. The second-order valence-corrected chi connectivity index (χ2v) is 7.14. The molecule has 0 saturated carbocycles. The van der Waals surface area contributed by atoms with Gasteiger partial charge in [0.25, 0.3) is 0 Å². The molecular formula is C14H16N2O4S. The van der Waals surface area contributed by atoms with Gasteiger partial charge in [-0.2, -0.15) is 5.26 Å². The lowest BCUT2D eigenvalue weighted by molar-refractivity contribution is -0.113. The van der Waals surface area contributed by atoms with E-state index in [1.807, 2.05) is 6.07 Å². The highest BCUT2D eigenvalue weighted by Gasteiger charge is 2.29. The summed E-state index contributed by atoms with van der Waals surface area (Å²) >= 11 is 0. The number of hydrogen-bond acceptors (Lipinski definition) is 5. The number of benzene rings is 1. The molecule has 2 rings (SSSR count). The predicted octanol–water partition coefficient (Wildman–Crippen LogP) is 1.09. The third-order valence-corrected chi connectivity index (χ3v) is 5.44. The first-order valence-corrected chi connectivity index (χ1v) is 8.32. The van der Waals surface area contributed by atoms with Crippen LogP contribution in [-0.4, -0.2) is 38.5 Å². The van der Waals surface area contributed by atoms with Crippen molar-refractivity contribution in [2.24, 2.45) is 0 Å². The first-order chi connectivity index (χ1) is 10.0. The van der Waals surface area contributed by atoms with E-state index in [0.717, 1.165) is 0 Å². The van der Waals surface area contributed by atoms with Gasteiger partial charge >= 0.3 is 0 Å². The molecule has 1 N–H and O–H groups in total. The van der Waals surface area contributed by atoms with Crippen LogP contribution in [0.15, 0.2) is 24.3 Å². The van der Waals surface area contributed by atoms with Crippen molar-refractivity contribution < 1.29 is 17.9 Å². The normalized spacial score (nSPS) is 16.1. The van der Waals surface area contributed by atoms with Crippen molar-refractivity contribution in [1.82, 2.24) is 0 Å². The van der Waals surface area contributed by atoms with Gasteiger partial charge in [-0.1, -0.05) is 6.07 Å². The number of anilines is 1. The van der Waals surface area contributed by atoms with Gasteiger partial charge in [0.1, 0.15) is 5.75 Å². The van der Waals surface area contributed by atoms with E-state index in [1.54, 1.807) is 18.2 Å². The molecule has 1 aromatic rings. The van der Waals surface area contributed by atoms with Crippen LogP contribution in [0.2, 0.25) is 0 Å². The topological polar surface area (TPSA) is 96.3 Å². The molecule has 1 saturated heterocycles. The molecule has 1 aliphatic rings. The van der Waals surface area contributed by atoms with E-state index < -0.39 is 26.7 Å². The van der Waals surface area contributed by atoms with Crippen molar-refractivity contribution in [1.29, 1.82) is 5.26 Å². The van der Waals surface area contributed by atoms with Crippen LogP contribution in [0.1, 0.15) is 18.4 Å². The van der Waals surface area contributed by atoms with Gasteiger partial charge < -0.3 is 10.1 Å². The van der Waals surface area contributed by atoms with Gasteiger partial charge in [0.05, 0.1) is 16.9 Å². The second kappa shape index (κ2) is 6.70. The first kappa shape index (κ1) is 15.5. The number of carbonyl (C=O) groups is 1.